The molecule has 0 aliphatic carbocycles. The minimum Gasteiger partial charge on any atom is -0.497 e. The van der Waals surface area contributed by atoms with Gasteiger partial charge in [0.05, 0.1) is 28.4 Å². The third-order valence-corrected chi connectivity index (χ3v) is 5.34. The zero-order valence-corrected chi connectivity index (χ0v) is 18.5. The van der Waals surface area contributed by atoms with Crippen molar-refractivity contribution < 1.29 is 28.7 Å². The van der Waals surface area contributed by atoms with Crippen LogP contribution in [-0.2, 0) is 22.6 Å². The Labute approximate surface area is 182 Å². The summed E-state index contributed by atoms with van der Waals surface area (Å²) >= 11 is 0. The van der Waals surface area contributed by atoms with E-state index in [1.165, 1.54) is 5.56 Å². The molecule has 8 nitrogen and oxygen atoms in total. The molecule has 1 aliphatic rings. The molecule has 166 valence electrons. The van der Waals surface area contributed by atoms with Gasteiger partial charge in [-0.3, -0.25) is 9.59 Å². The lowest BCUT2D eigenvalue weighted by molar-refractivity contribution is -0.862. The molecule has 2 amide bonds. The lowest BCUT2D eigenvalue weighted by atomic mass is 9.98. The largest absolute Gasteiger partial charge is 0.497 e. The highest BCUT2D eigenvalue weighted by molar-refractivity contribution is 5.91. The zero-order chi connectivity index (χ0) is 22.4. The van der Waals surface area contributed by atoms with E-state index in [0.29, 0.717) is 36.0 Å². The van der Waals surface area contributed by atoms with Gasteiger partial charge in [-0.15, -0.1) is 0 Å². The van der Waals surface area contributed by atoms with Gasteiger partial charge in [-0.2, -0.15) is 0 Å². The van der Waals surface area contributed by atoms with Crippen LogP contribution in [0.15, 0.2) is 36.4 Å². The van der Waals surface area contributed by atoms with Gasteiger partial charge in [0.2, 0.25) is 0 Å². The van der Waals surface area contributed by atoms with Crippen LogP contribution in [0, 0.1) is 0 Å². The van der Waals surface area contributed by atoms with Crippen LogP contribution in [0.3, 0.4) is 0 Å². The van der Waals surface area contributed by atoms with Crippen molar-refractivity contribution in [1.29, 1.82) is 0 Å². The number of carbonyl (C=O) groups excluding carboxylic acids is 2. The van der Waals surface area contributed by atoms with Crippen molar-refractivity contribution in [3.05, 3.63) is 47.5 Å². The number of benzene rings is 2. The molecule has 31 heavy (non-hydrogen) atoms. The molecule has 8 heteroatoms. The molecule has 1 heterocycles. The average molecular weight is 429 g/mol. The van der Waals surface area contributed by atoms with E-state index in [2.05, 4.69) is 5.32 Å². The Hall–Kier alpha value is -3.26. The maximum absolute atomic E-state index is 12.8. The number of quaternary nitrogens is 1. The summed E-state index contributed by atoms with van der Waals surface area (Å²) < 4.78 is 15.9. The number of nitrogens with one attached hydrogen (secondary N) is 2. The predicted molar refractivity (Wildman–Crippen MR) is 117 cm³/mol. The number of amides is 2. The number of ether oxygens (including phenoxy) is 3. The SMILES string of the molecule is COc1cccc(NC(=O)C[NH+](C)CC(=O)N2CCc3cc(OC)c(OC)cc3C2)c1. The number of carbonyl (C=O) groups is 2. The summed E-state index contributed by atoms with van der Waals surface area (Å²) in [4.78, 5) is 27.8. The lowest BCUT2D eigenvalue weighted by Gasteiger charge is -2.30. The van der Waals surface area contributed by atoms with Crippen LogP contribution in [0.1, 0.15) is 11.1 Å². The fourth-order valence-electron chi connectivity index (χ4n) is 3.71. The molecule has 1 aliphatic heterocycles. The normalized spacial score (nSPS) is 13.7. The molecule has 2 aromatic carbocycles. The van der Waals surface area contributed by atoms with Gasteiger partial charge in [0.1, 0.15) is 5.75 Å². The summed E-state index contributed by atoms with van der Waals surface area (Å²) in [6.45, 7) is 1.61. The third-order valence-electron chi connectivity index (χ3n) is 5.34. The van der Waals surface area contributed by atoms with Gasteiger partial charge in [0.15, 0.2) is 24.6 Å². The molecule has 3 rings (SSSR count). The first-order valence-electron chi connectivity index (χ1n) is 10.2. The highest BCUT2D eigenvalue weighted by Crippen LogP contribution is 2.33. The van der Waals surface area contributed by atoms with Crippen LogP contribution in [0.4, 0.5) is 5.69 Å². The van der Waals surface area contributed by atoms with Gasteiger partial charge in [0.25, 0.3) is 11.8 Å². The fraction of sp³-hybridized carbons (Fsp3) is 0.391. The third kappa shape index (κ3) is 5.67. The standard InChI is InChI=1S/C23H29N3O5/c1-25(14-22(27)24-18-6-5-7-19(12-18)29-2)15-23(28)26-9-8-16-10-20(30-3)21(31-4)11-17(16)13-26/h5-7,10-12H,8-9,13-15H2,1-4H3,(H,24,27)/p+1. The molecule has 0 fully saturated rings. The Kier molecular flexibility index (Phi) is 7.36. The summed E-state index contributed by atoms with van der Waals surface area (Å²) in [7, 11) is 6.64. The van der Waals surface area contributed by atoms with E-state index in [1.54, 1.807) is 33.5 Å². The average Bonchev–Trinajstić information content (AvgIpc) is 2.77. The molecule has 0 aromatic heterocycles. The van der Waals surface area contributed by atoms with Crippen molar-refractivity contribution >= 4 is 17.5 Å². The maximum Gasteiger partial charge on any atom is 0.279 e. The van der Waals surface area contributed by atoms with E-state index in [9.17, 15) is 9.59 Å². The summed E-state index contributed by atoms with van der Waals surface area (Å²) in [5.41, 5.74) is 2.89. The first kappa shape index (κ1) is 22.4. The number of methoxy groups -OCH3 is 3. The van der Waals surface area contributed by atoms with Gasteiger partial charge in [-0.1, -0.05) is 6.07 Å². The van der Waals surface area contributed by atoms with Crippen molar-refractivity contribution in [3.63, 3.8) is 0 Å². The molecule has 0 spiro atoms. The summed E-state index contributed by atoms with van der Waals surface area (Å²) in [6, 6.07) is 11.1. The van der Waals surface area contributed by atoms with Crippen LogP contribution >= 0.6 is 0 Å². The van der Waals surface area contributed by atoms with E-state index in [4.69, 9.17) is 14.2 Å². The van der Waals surface area contributed by atoms with Gasteiger partial charge >= 0.3 is 0 Å². The number of fused-ring (bicyclic) bond motifs is 1. The van der Waals surface area contributed by atoms with Crippen molar-refractivity contribution in [2.24, 2.45) is 0 Å². The summed E-state index contributed by atoms with van der Waals surface area (Å²) in [6.07, 6.45) is 0.761. The highest BCUT2D eigenvalue weighted by atomic mass is 16.5. The second-order valence-electron chi connectivity index (χ2n) is 7.63. The van der Waals surface area contributed by atoms with Crippen molar-refractivity contribution in [2.75, 3.05) is 53.3 Å². The van der Waals surface area contributed by atoms with Crippen LogP contribution < -0.4 is 24.4 Å². The van der Waals surface area contributed by atoms with E-state index in [-0.39, 0.29) is 24.9 Å². The number of hydrogen-bond donors (Lipinski definition) is 2. The van der Waals surface area contributed by atoms with E-state index < -0.39 is 0 Å². The Morgan fingerprint density at radius 3 is 2.39 bits per heavy atom. The van der Waals surface area contributed by atoms with E-state index in [1.807, 2.05) is 36.2 Å². The summed E-state index contributed by atoms with van der Waals surface area (Å²) in [5.74, 6) is 1.90. The topological polar surface area (TPSA) is 81.5 Å². The van der Waals surface area contributed by atoms with Crippen LogP contribution in [0.25, 0.3) is 0 Å². The second kappa shape index (κ2) is 10.2. The minimum atomic E-state index is -0.153. The number of hydrogen-bond acceptors (Lipinski definition) is 5. The molecule has 1 unspecified atom stereocenters. The van der Waals surface area contributed by atoms with Gasteiger partial charge in [-0.05, 0) is 41.8 Å². The molecule has 2 N–H and O–H groups in total. The van der Waals surface area contributed by atoms with Gasteiger partial charge < -0.3 is 29.3 Å². The smallest absolute Gasteiger partial charge is 0.279 e. The molecular formula is C23H30N3O5+. The second-order valence-corrected chi connectivity index (χ2v) is 7.63. The molecule has 1 atom stereocenters. The van der Waals surface area contributed by atoms with Gasteiger partial charge in [0, 0.05) is 24.8 Å². The van der Waals surface area contributed by atoms with Crippen LogP contribution in [-0.4, -0.2) is 64.7 Å². The van der Waals surface area contributed by atoms with Crippen LogP contribution in [0.5, 0.6) is 17.2 Å². The number of nitrogens with zero attached hydrogens (tertiary/aromatic N) is 1. The monoisotopic (exact) mass is 428 g/mol. The number of likely N-dealkylation sites (N-methyl/N-ethyl adjacent to an activating group) is 1. The molecule has 2 aromatic rings. The minimum absolute atomic E-state index is 0.0205. The molecule has 0 radical (unpaired) electrons. The Balaban J connectivity index is 1.54. The Bertz CT molecular complexity index is 947. The Morgan fingerprint density at radius 1 is 1.00 bits per heavy atom. The molecule has 0 saturated heterocycles. The molecule has 0 bridgehead atoms. The van der Waals surface area contributed by atoms with Crippen molar-refractivity contribution in [2.45, 2.75) is 13.0 Å². The van der Waals surface area contributed by atoms with Crippen LogP contribution in [0.2, 0.25) is 0 Å². The predicted octanol–water partition coefficient (Wildman–Crippen LogP) is 0.751. The number of rotatable bonds is 8. The quantitative estimate of drug-likeness (QED) is 0.649. The van der Waals surface area contributed by atoms with E-state index >= 15 is 0 Å². The van der Waals surface area contributed by atoms with Gasteiger partial charge in [-0.25, -0.2) is 0 Å². The van der Waals surface area contributed by atoms with E-state index in [0.717, 1.165) is 16.9 Å². The van der Waals surface area contributed by atoms with Crippen molar-refractivity contribution in [1.82, 2.24) is 4.90 Å². The van der Waals surface area contributed by atoms with Crippen molar-refractivity contribution in [3.8, 4) is 17.2 Å². The summed E-state index contributed by atoms with van der Waals surface area (Å²) in [5, 5.41) is 2.85. The first-order chi connectivity index (χ1) is 14.9. The maximum atomic E-state index is 12.8. The Morgan fingerprint density at radius 2 is 1.71 bits per heavy atom. The lowest BCUT2D eigenvalue weighted by Crippen LogP contribution is -3.11. The molecular weight excluding hydrogens is 398 g/mol. The highest BCUT2D eigenvalue weighted by Gasteiger charge is 2.25. The zero-order valence-electron chi connectivity index (χ0n) is 18.5. The fourth-order valence-corrected chi connectivity index (χ4v) is 3.71. The molecule has 0 saturated carbocycles. The number of anilines is 1. The first-order valence-corrected chi connectivity index (χ1v) is 10.2.